The standard InChI is InChI=1S/C15H21NO2/c1-9-7-8-13(11(9)3)16-15(18)12-6-4-5-10(2)14(12)17/h4-6,9,11,13,17H,7-8H2,1-3H3,(H,16,18). The zero-order valence-corrected chi connectivity index (χ0v) is 11.2. The summed E-state index contributed by atoms with van der Waals surface area (Å²) in [5.41, 5.74) is 1.11. The van der Waals surface area contributed by atoms with Crippen LogP contribution in [-0.2, 0) is 0 Å². The molecule has 1 amide bonds. The summed E-state index contributed by atoms with van der Waals surface area (Å²) in [4.78, 5) is 12.2. The highest BCUT2D eigenvalue weighted by Gasteiger charge is 2.31. The van der Waals surface area contributed by atoms with Crippen LogP contribution in [0.15, 0.2) is 18.2 Å². The first-order valence-corrected chi connectivity index (χ1v) is 6.60. The maximum Gasteiger partial charge on any atom is 0.255 e. The Hall–Kier alpha value is -1.51. The number of phenolic OH excluding ortho intramolecular Hbond substituents is 1. The van der Waals surface area contributed by atoms with E-state index in [4.69, 9.17) is 0 Å². The molecule has 3 unspecified atom stereocenters. The molecule has 1 aromatic rings. The molecule has 98 valence electrons. The van der Waals surface area contributed by atoms with Gasteiger partial charge in [-0.25, -0.2) is 0 Å². The molecular weight excluding hydrogens is 226 g/mol. The van der Waals surface area contributed by atoms with E-state index in [2.05, 4.69) is 19.2 Å². The molecule has 3 atom stereocenters. The second-order valence-electron chi connectivity index (χ2n) is 5.46. The molecule has 3 heteroatoms. The number of aryl methyl sites for hydroxylation is 1. The second kappa shape index (κ2) is 5.01. The van der Waals surface area contributed by atoms with Crippen LogP contribution in [0.4, 0.5) is 0 Å². The highest BCUT2D eigenvalue weighted by molar-refractivity contribution is 5.97. The van der Waals surface area contributed by atoms with Gasteiger partial charge in [0.2, 0.25) is 0 Å². The van der Waals surface area contributed by atoms with Crippen molar-refractivity contribution in [3.8, 4) is 5.75 Å². The zero-order valence-electron chi connectivity index (χ0n) is 11.2. The second-order valence-corrected chi connectivity index (χ2v) is 5.46. The van der Waals surface area contributed by atoms with E-state index in [-0.39, 0.29) is 17.7 Å². The van der Waals surface area contributed by atoms with Crippen LogP contribution >= 0.6 is 0 Å². The van der Waals surface area contributed by atoms with Crippen LogP contribution in [0, 0.1) is 18.8 Å². The molecule has 0 aliphatic heterocycles. The van der Waals surface area contributed by atoms with Crippen molar-refractivity contribution in [2.45, 2.75) is 39.7 Å². The third-order valence-corrected chi connectivity index (χ3v) is 4.26. The fourth-order valence-corrected chi connectivity index (χ4v) is 2.66. The minimum atomic E-state index is -0.165. The molecule has 0 spiro atoms. The van der Waals surface area contributed by atoms with Crippen molar-refractivity contribution in [3.05, 3.63) is 29.3 Å². The molecule has 1 aliphatic rings. The van der Waals surface area contributed by atoms with E-state index in [1.165, 1.54) is 0 Å². The normalized spacial score (nSPS) is 27.2. The van der Waals surface area contributed by atoms with Crippen LogP contribution in [0.5, 0.6) is 5.75 Å². The van der Waals surface area contributed by atoms with Gasteiger partial charge in [0.25, 0.3) is 5.91 Å². The van der Waals surface area contributed by atoms with Crippen LogP contribution in [0.3, 0.4) is 0 Å². The summed E-state index contributed by atoms with van der Waals surface area (Å²) >= 11 is 0. The average Bonchev–Trinajstić information content (AvgIpc) is 2.64. The third-order valence-electron chi connectivity index (χ3n) is 4.26. The summed E-state index contributed by atoms with van der Waals surface area (Å²) in [7, 11) is 0. The Labute approximate surface area is 108 Å². The van der Waals surface area contributed by atoms with Crippen molar-refractivity contribution in [2.75, 3.05) is 0 Å². The van der Waals surface area contributed by atoms with Gasteiger partial charge in [-0.2, -0.15) is 0 Å². The van der Waals surface area contributed by atoms with E-state index in [0.717, 1.165) is 18.4 Å². The smallest absolute Gasteiger partial charge is 0.255 e. The Morgan fingerprint density at radius 3 is 2.67 bits per heavy atom. The molecule has 0 radical (unpaired) electrons. The summed E-state index contributed by atoms with van der Waals surface area (Å²) in [6.07, 6.45) is 2.19. The van der Waals surface area contributed by atoms with Gasteiger partial charge < -0.3 is 10.4 Å². The predicted molar refractivity (Wildman–Crippen MR) is 71.7 cm³/mol. The minimum Gasteiger partial charge on any atom is -0.507 e. The van der Waals surface area contributed by atoms with Gasteiger partial charge in [-0.05, 0) is 43.2 Å². The molecule has 2 N–H and O–H groups in total. The van der Waals surface area contributed by atoms with E-state index in [9.17, 15) is 9.90 Å². The quantitative estimate of drug-likeness (QED) is 0.844. The number of aromatic hydroxyl groups is 1. The molecule has 18 heavy (non-hydrogen) atoms. The molecule has 0 saturated heterocycles. The van der Waals surface area contributed by atoms with E-state index in [0.29, 0.717) is 17.4 Å². The van der Waals surface area contributed by atoms with Crippen molar-refractivity contribution < 1.29 is 9.90 Å². The first-order chi connectivity index (χ1) is 8.50. The minimum absolute atomic E-state index is 0.0914. The van der Waals surface area contributed by atoms with E-state index in [1.54, 1.807) is 25.1 Å². The van der Waals surface area contributed by atoms with Gasteiger partial charge in [-0.3, -0.25) is 4.79 Å². The molecule has 1 saturated carbocycles. The molecule has 0 aromatic heterocycles. The molecule has 0 bridgehead atoms. The molecule has 3 nitrogen and oxygen atoms in total. The van der Waals surface area contributed by atoms with E-state index >= 15 is 0 Å². The maximum atomic E-state index is 12.2. The zero-order chi connectivity index (χ0) is 13.3. The average molecular weight is 247 g/mol. The number of amides is 1. The summed E-state index contributed by atoms with van der Waals surface area (Å²) in [6.45, 7) is 6.20. The van der Waals surface area contributed by atoms with Crippen LogP contribution < -0.4 is 5.32 Å². The summed E-state index contributed by atoms with van der Waals surface area (Å²) in [6, 6.07) is 5.49. The van der Waals surface area contributed by atoms with Gasteiger partial charge >= 0.3 is 0 Å². The Bertz CT molecular complexity index is 456. The van der Waals surface area contributed by atoms with Gasteiger partial charge in [0.05, 0.1) is 5.56 Å². The predicted octanol–water partition coefficient (Wildman–Crippen LogP) is 2.87. The largest absolute Gasteiger partial charge is 0.507 e. The Morgan fingerprint density at radius 2 is 2.06 bits per heavy atom. The topological polar surface area (TPSA) is 49.3 Å². The monoisotopic (exact) mass is 247 g/mol. The van der Waals surface area contributed by atoms with E-state index < -0.39 is 0 Å². The summed E-state index contributed by atoms with van der Waals surface area (Å²) in [5.74, 6) is 1.08. The Kier molecular flexibility index (Phi) is 3.60. The molecule has 2 rings (SSSR count). The van der Waals surface area contributed by atoms with Crippen molar-refractivity contribution >= 4 is 5.91 Å². The lowest BCUT2D eigenvalue weighted by molar-refractivity contribution is 0.0924. The van der Waals surface area contributed by atoms with Crippen molar-refractivity contribution in [1.82, 2.24) is 5.32 Å². The molecule has 0 heterocycles. The molecule has 1 fully saturated rings. The van der Waals surface area contributed by atoms with Crippen molar-refractivity contribution in [1.29, 1.82) is 0 Å². The van der Waals surface area contributed by atoms with Gasteiger partial charge in [0.15, 0.2) is 0 Å². The van der Waals surface area contributed by atoms with Crippen LogP contribution in [-0.4, -0.2) is 17.1 Å². The molecule has 1 aliphatic carbocycles. The lowest BCUT2D eigenvalue weighted by atomic mass is 9.97. The maximum absolute atomic E-state index is 12.2. The third kappa shape index (κ3) is 2.35. The number of carbonyl (C=O) groups is 1. The first kappa shape index (κ1) is 12.9. The number of rotatable bonds is 2. The number of hydrogen-bond donors (Lipinski definition) is 2. The summed E-state index contributed by atoms with van der Waals surface area (Å²) in [5, 5.41) is 12.9. The molecular formula is C15H21NO2. The van der Waals surface area contributed by atoms with Gasteiger partial charge in [0.1, 0.15) is 5.75 Å². The lowest BCUT2D eigenvalue weighted by Crippen LogP contribution is -2.37. The number of benzene rings is 1. The van der Waals surface area contributed by atoms with Gasteiger partial charge in [-0.1, -0.05) is 26.0 Å². The lowest BCUT2D eigenvalue weighted by Gasteiger charge is -2.20. The van der Waals surface area contributed by atoms with Crippen molar-refractivity contribution in [2.24, 2.45) is 11.8 Å². The SMILES string of the molecule is Cc1cccc(C(=O)NC2CCC(C)C2C)c1O. The number of para-hydroxylation sites is 1. The first-order valence-electron chi connectivity index (χ1n) is 6.60. The molecule has 1 aromatic carbocycles. The number of carbonyl (C=O) groups excluding carboxylic acids is 1. The van der Waals surface area contributed by atoms with E-state index in [1.807, 2.05) is 0 Å². The van der Waals surface area contributed by atoms with Crippen LogP contribution in [0.25, 0.3) is 0 Å². The Morgan fingerprint density at radius 1 is 1.33 bits per heavy atom. The van der Waals surface area contributed by atoms with Crippen LogP contribution in [0.1, 0.15) is 42.6 Å². The summed E-state index contributed by atoms with van der Waals surface area (Å²) < 4.78 is 0. The van der Waals surface area contributed by atoms with Crippen molar-refractivity contribution in [3.63, 3.8) is 0 Å². The number of hydrogen-bond acceptors (Lipinski definition) is 2. The fraction of sp³-hybridized carbons (Fsp3) is 0.533. The van der Waals surface area contributed by atoms with Gasteiger partial charge in [-0.15, -0.1) is 0 Å². The van der Waals surface area contributed by atoms with Crippen LogP contribution in [0.2, 0.25) is 0 Å². The Balaban J connectivity index is 2.11. The number of nitrogens with one attached hydrogen (secondary N) is 1. The number of phenols is 1. The van der Waals surface area contributed by atoms with Gasteiger partial charge in [0, 0.05) is 6.04 Å². The highest BCUT2D eigenvalue weighted by atomic mass is 16.3. The highest BCUT2D eigenvalue weighted by Crippen LogP contribution is 2.31. The fourth-order valence-electron chi connectivity index (χ4n) is 2.66.